The number of furan rings is 1. The molecule has 0 atom stereocenters. The Hall–Kier alpha value is -1.10. The zero-order valence-corrected chi connectivity index (χ0v) is 12.8. The van der Waals surface area contributed by atoms with Crippen molar-refractivity contribution in [3.63, 3.8) is 0 Å². The highest BCUT2D eigenvalue weighted by molar-refractivity contribution is 7.09. The normalized spacial score (nSPS) is 15.1. The van der Waals surface area contributed by atoms with Crippen molar-refractivity contribution in [2.24, 2.45) is 0 Å². The third-order valence-corrected chi connectivity index (χ3v) is 4.51. The van der Waals surface area contributed by atoms with Gasteiger partial charge in [0, 0.05) is 29.6 Å². The Kier molecular flexibility index (Phi) is 4.55. The van der Waals surface area contributed by atoms with E-state index >= 15 is 0 Å². The Morgan fingerprint density at radius 1 is 1.40 bits per heavy atom. The molecule has 1 aliphatic rings. The maximum Gasteiger partial charge on any atom is 0.118 e. The van der Waals surface area contributed by atoms with Crippen LogP contribution in [0.2, 0.25) is 0 Å². The maximum absolute atomic E-state index is 5.71. The molecule has 0 radical (unpaired) electrons. The van der Waals surface area contributed by atoms with Gasteiger partial charge in [-0.05, 0) is 36.9 Å². The number of hydrogen-bond donors (Lipinski definition) is 1. The van der Waals surface area contributed by atoms with E-state index in [1.165, 1.54) is 23.3 Å². The Balaban J connectivity index is 1.59. The van der Waals surface area contributed by atoms with Crippen LogP contribution in [0.1, 0.15) is 36.0 Å². The lowest BCUT2D eigenvalue weighted by Gasteiger charge is -2.19. The SMILES string of the molecule is CCNCc1coc(CN(Cc2cccs2)C2CC2)c1. The fourth-order valence-corrected chi connectivity index (χ4v) is 3.16. The second-order valence-electron chi connectivity index (χ2n) is 5.42. The van der Waals surface area contributed by atoms with Gasteiger partial charge >= 0.3 is 0 Å². The fraction of sp³-hybridized carbons (Fsp3) is 0.500. The molecule has 2 heterocycles. The van der Waals surface area contributed by atoms with Crippen LogP contribution in [0, 0.1) is 0 Å². The predicted molar refractivity (Wildman–Crippen MR) is 82.7 cm³/mol. The lowest BCUT2D eigenvalue weighted by atomic mass is 10.3. The van der Waals surface area contributed by atoms with Crippen molar-refractivity contribution in [2.45, 2.75) is 45.4 Å². The zero-order valence-electron chi connectivity index (χ0n) is 12.0. The van der Waals surface area contributed by atoms with E-state index in [0.717, 1.165) is 38.0 Å². The molecular formula is C16H22N2OS. The molecule has 2 aromatic heterocycles. The van der Waals surface area contributed by atoms with Gasteiger partial charge in [-0.3, -0.25) is 4.90 Å². The molecule has 0 bridgehead atoms. The van der Waals surface area contributed by atoms with E-state index in [4.69, 9.17) is 4.42 Å². The fourth-order valence-electron chi connectivity index (χ4n) is 2.43. The first-order chi connectivity index (χ1) is 9.85. The first kappa shape index (κ1) is 13.9. The average molecular weight is 290 g/mol. The molecule has 0 aliphatic heterocycles. The van der Waals surface area contributed by atoms with Crippen LogP contribution in [-0.2, 0) is 19.6 Å². The maximum atomic E-state index is 5.71. The molecule has 0 amide bonds. The molecular weight excluding hydrogens is 268 g/mol. The van der Waals surface area contributed by atoms with E-state index in [1.807, 2.05) is 17.6 Å². The van der Waals surface area contributed by atoms with Gasteiger partial charge in [0.25, 0.3) is 0 Å². The second kappa shape index (κ2) is 6.57. The summed E-state index contributed by atoms with van der Waals surface area (Å²) in [6.07, 6.45) is 4.54. The van der Waals surface area contributed by atoms with Gasteiger partial charge in [0.2, 0.25) is 0 Å². The highest BCUT2D eigenvalue weighted by atomic mass is 32.1. The quantitative estimate of drug-likeness (QED) is 0.805. The Bertz CT molecular complexity index is 516. The van der Waals surface area contributed by atoms with Crippen LogP contribution in [0.25, 0.3) is 0 Å². The van der Waals surface area contributed by atoms with Crippen LogP contribution >= 0.6 is 11.3 Å². The van der Waals surface area contributed by atoms with Gasteiger partial charge in [-0.25, -0.2) is 0 Å². The second-order valence-corrected chi connectivity index (χ2v) is 6.45. The monoisotopic (exact) mass is 290 g/mol. The number of rotatable bonds is 8. The number of thiophene rings is 1. The van der Waals surface area contributed by atoms with Crippen molar-refractivity contribution >= 4 is 11.3 Å². The van der Waals surface area contributed by atoms with E-state index in [2.05, 4.69) is 40.7 Å². The lowest BCUT2D eigenvalue weighted by Crippen LogP contribution is -2.24. The van der Waals surface area contributed by atoms with Crippen LogP contribution in [0.4, 0.5) is 0 Å². The summed E-state index contributed by atoms with van der Waals surface area (Å²) in [6.45, 7) is 5.98. The van der Waals surface area contributed by atoms with E-state index < -0.39 is 0 Å². The van der Waals surface area contributed by atoms with E-state index in [-0.39, 0.29) is 0 Å². The first-order valence-electron chi connectivity index (χ1n) is 7.38. The molecule has 1 fully saturated rings. The van der Waals surface area contributed by atoms with Crippen molar-refractivity contribution < 1.29 is 4.42 Å². The van der Waals surface area contributed by atoms with Crippen LogP contribution < -0.4 is 5.32 Å². The van der Waals surface area contributed by atoms with E-state index in [1.54, 1.807) is 0 Å². The molecule has 0 spiro atoms. The summed E-state index contributed by atoms with van der Waals surface area (Å²) in [4.78, 5) is 3.98. The van der Waals surface area contributed by atoms with Crippen LogP contribution in [0.3, 0.4) is 0 Å². The minimum absolute atomic E-state index is 0.749. The molecule has 1 saturated carbocycles. The van der Waals surface area contributed by atoms with E-state index in [0.29, 0.717) is 0 Å². The highest BCUT2D eigenvalue weighted by Gasteiger charge is 2.29. The summed E-state index contributed by atoms with van der Waals surface area (Å²) in [5.74, 6) is 1.08. The molecule has 1 aliphatic carbocycles. The third-order valence-electron chi connectivity index (χ3n) is 3.65. The van der Waals surface area contributed by atoms with Crippen LogP contribution in [0.15, 0.2) is 34.3 Å². The molecule has 2 aromatic rings. The molecule has 4 heteroatoms. The molecule has 108 valence electrons. The summed E-state index contributed by atoms with van der Waals surface area (Å²) in [5.41, 5.74) is 1.24. The summed E-state index contributed by atoms with van der Waals surface area (Å²) in [6, 6.07) is 7.29. The minimum atomic E-state index is 0.749. The Morgan fingerprint density at radius 2 is 2.30 bits per heavy atom. The van der Waals surface area contributed by atoms with Gasteiger partial charge in [0.15, 0.2) is 0 Å². The summed E-state index contributed by atoms with van der Waals surface area (Å²) >= 11 is 1.84. The van der Waals surface area contributed by atoms with Gasteiger partial charge in [-0.15, -0.1) is 11.3 Å². The summed E-state index contributed by atoms with van der Waals surface area (Å²) in [5, 5.41) is 5.49. The molecule has 0 aromatic carbocycles. The van der Waals surface area contributed by atoms with Crippen molar-refractivity contribution in [1.82, 2.24) is 10.2 Å². The average Bonchev–Trinajstić information content (AvgIpc) is 3.00. The van der Waals surface area contributed by atoms with Crippen molar-refractivity contribution in [2.75, 3.05) is 6.54 Å². The lowest BCUT2D eigenvalue weighted by molar-refractivity contribution is 0.227. The minimum Gasteiger partial charge on any atom is -0.468 e. The van der Waals surface area contributed by atoms with Gasteiger partial charge in [-0.2, -0.15) is 0 Å². The van der Waals surface area contributed by atoms with Crippen LogP contribution in [0.5, 0.6) is 0 Å². The number of nitrogens with zero attached hydrogens (tertiary/aromatic N) is 1. The molecule has 0 unspecified atom stereocenters. The highest BCUT2D eigenvalue weighted by Crippen LogP contribution is 2.30. The molecule has 3 rings (SSSR count). The smallest absolute Gasteiger partial charge is 0.118 e. The third kappa shape index (κ3) is 3.72. The van der Waals surface area contributed by atoms with Gasteiger partial charge in [0.1, 0.15) is 5.76 Å². The first-order valence-corrected chi connectivity index (χ1v) is 8.26. The van der Waals surface area contributed by atoms with Gasteiger partial charge < -0.3 is 9.73 Å². The molecule has 0 saturated heterocycles. The van der Waals surface area contributed by atoms with Crippen molar-refractivity contribution in [1.29, 1.82) is 0 Å². The Labute approximate surface area is 124 Å². The van der Waals surface area contributed by atoms with Crippen molar-refractivity contribution in [3.05, 3.63) is 46.0 Å². The zero-order chi connectivity index (χ0) is 13.8. The molecule has 3 nitrogen and oxygen atoms in total. The summed E-state index contributed by atoms with van der Waals surface area (Å²) in [7, 11) is 0. The van der Waals surface area contributed by atoms with Gasteiger partial charge in [0.05, 0.1) is 12.8 Å². The van der Waals surface area contributed by atoms with Crippen LogP contribution in [-0.4, -0.2) is 17.5 Å². The number of hydrogen-bond acceptors (Lipinski definition) is 4. The number of nitrogens with one attached hydrogen (secondary N) is 1. The Morgan fingerprint density at radius 3 is 3.00 bits per heavy atom. The predicted octanol–water partition coefficient (Wildman–Crippen LogP) is 3.62. The summed E-state index contributed by atoms with van der Waals surface area (Å²) < 4.78 is 5.71. The van der Waals surface area contributed by atoms with E-state index in [9.17, 15) is 0 Å². The molecule has 20 heavy (non-hydrogen) atoms. The van der Waals surface area contributed by atoms with Gasteiger partial charge in [-0.1, -0.05) is 13.0 Å². The topological polar surface area (TPSA) is 28.4 Å². The van der Waals surface area contributed by atoms with Crippen molar-refractivity contribution in [3.8, 4) is 0 Å². The molecule has 1 N–H and O–H groups in total. The standard InChI is InChI=1S/C16H22N2OS/c1-2-17-9-13-8-15(19-12-13)10-18(14-5-6-14)11-16-4-3-7-20-16/h3-4,7-8,12,14,17H,2,5-6,9-11H2,1H3. The largest absolute Gasteiger partial charge is 0.468 e.